The van der Waals surface area contributed by atoms with E-state index in [1.165, 1.54) is 22.6 Å². The van der Waals surface area contributed by atoms with Crippen LogP contribution in [0, 0.1) is 5.92 Å². The first kappa shape index (κ1) is 22.3. The second-order valence-corrected chi connectivity index (χ2v) is 9.47. The van der Waals surface area contributed by atoms with Crippen LogP contribution >= 0.6 is 0 Å². The number of hydrogen-bond donors (Lipinski definition) is 1. The van der Waals surface area contributed by atoms with E-state index in [1.807, 2.05) is 0 Å². The quantitative estimate of drug-likeness (QED) is 0.439. The number of carbonyl (C=O) groups is 1. The second kappa shape index (κ2) is 9.81. The van der Waals surface area contributed by atoms with E-state index in [-0.39, 0.29) is 11.9 Å². The molecule has 0 aliphatic carbocycles. The largest absolute Gasteiger partial charge is 0.459 e. The van der Waals surface area contributed by atoms with E-state index in [2.05, 4.69) is 81.3 Å². The zero-order chi connectivity index (χ0) is 23.5. The molecular weight excluding hydrogens is 426 g/mol. The van der Waals surface area contributed by atoms with Gasteiger partial charge < -0.3 is 14.3 Å². The molecule has 0 spiro atoms. The van der Waals surface area contributed by atoms with Gasteiger partial charge in [-0.15, -0.1) is 10.2 Å². The van der Waals surface area contributed by atoms with Crippen molar-refractivity contribution in [3.8, 4) is 0 Å². The summed E-state index contributed by atoms with van der Waals surface area (Å²) in [4.78, 5) is 15.2. The van der Waals surface area contributed by atoms with Crippen LogP contribution in [0.2, 0.25) is 0 Å². The van der Waals surface area contributed by atoms with Crippen molar-refractivity contribution in [2.75, 3.05) is 13.1 Å². The molecule has 5 rings (SSSR count). The Bertz CT molecular complexity index is 1260. The molecule has 7 nitrogen and oxygen atoms in total. The van der Waals surface area contributed by atoms with Crippen LogP contribution in [0.25, 0.3) is 10.8 Å². The normalized spacial score (nSPS) is 15.3. The molecular formula is C27H31N5O2. The zero-order valence-electron chi connectivity index (χ0n) is 19.8. The monoisotopic (exact) mass is 457 g/mol. The first-order valence-corrected chi connectivity index (χ1v) is 12.0. The maximum Gasteiger partial charge on any atom is 0.287 e. The number of rotatable bonds is 7. The van der Waals surface area contributed by atoms with E-state index < -0.39 is 0 Å². The topological polar surface area (TPSA) is 76.2 Å². The van der Waals surface area contributed by atoms with Crippen LogP contribution in [0.1, 0.15) is 54.1 Å². The number of nitrogens with zero attached hydrogens (tertiary/aromatic N) is 4. The molecule has 1 aliphatic heterocycles. The van der Waals surface area contributed by atoms with Gasteiger partial charge in [0.05, 0.1) is 12.3 Å². The molecule has 0 saturated carbocycles. The number of amides is 1. The van der Waals surface area contributed by atoms with Crippen LogP contribution < -0.4 is 5.32 Å². The minimum atomic E-state index is -0.223. The summed E-state index contributed by atoms with van der Waals surface area (Å²) < 4.78 is 7.49. The lowest BCUT2D eigenvalue weighted by molar-refractivity contribution is 0.0900. The predicted molar refractivity (Wildman–Crippen MR) is 131 cm³/mol. The predicted octanol–water partition coefficient (Wildman–Crippen LogP) is 4.60. The Morgan fingerprint density at radius 1 is 1.03 bits per heavy atom. The SMILES string of the molecule is CC(C)C[C@@H](NC(=O)c1ccco1)c1nnc2n1CCN(Cc1ccc3ccccc3c1)CC2. The standard InChI is InChI=1S/C27H31N5O2/c1-19(2)16-23(28-27(33)24-8-5-15-34-24)26-30-29-25-11-12-31(13-14-32(25)26)18-20-9-10-21-6-3-4-7-22(21)17-20/h3-10,15,17,19,23H,11-14,16,18H2,1-2H3,(H,28,33)/t23-/m1/s1. The molecule has 1 atom stereocenters. The van der Waals surface area contributed by atoms with Gasteiger partial charge >= 0.3 is 0 Å². The molecule has 1 amide bonds. The second-order valence-electron chi connectivity index (χ2n) is 9.47. The minimum Gasteiger partial charge on any atom is -0.459 e. The van der Waals surface area contributed by atoms with E-state index in [4.69, 9.17) is 4.42 Å². The Kier molecular flexibility index (Phi) is 6.45. The molecule has 0 fully saturated rings. The molecule has 2 aromatic heterocycles. The van der Waals surface area contributed by atoms with Gasteiger partial charge in [-0.1, -0.05) is 50.2 Å². The summed E-state index contributed by atoms with van der Waals surface area (Å²) in [5, 5.41) is 14.7. The van der Waals surface area contributed by atoms with Crippen molar-refractivity contribution in [3.05, 3.63) is 83.8 Å². The highest BCUT2D eigenvalue weighted by Gasteiger charge is 2.27. The number of benzene rings is 2. The first-order chi connectivity index (χ1) is 16.6. The lowest BCUT2D eigenvalue weighted by atomic mass is 10.0. The van der Waals surface area contributed by atoms with Crippen molar-refractivity contribution < 1.29 is 9.21 Å². The number of furan rings is 1. The van der Waals surface area contributed by atoms with Crippen molar-refractivity contribution in [2.24, 2.45) is 5.92 Å². The molecule has 4 aromatic rings. The summed E-state index contributed by atoms with van der Waals surface area (Å²) in [6.45, 7) is 7.84. The van der Waals surface area contributed by atoms with Gasteiger partial charge in [0.25, 0.3) is 5.91 Å². The van der Waals surface area contributed by atoms with Gasteiger partial charge in [-0.25, -0.2) is 0 Å². The summed E-state index contributed by atoms with van der Waals surface area (Å²) in [6.07, 6.45) is 3.13. The van der Waals surface area contributed by atoms with Gasteiger partial charge in [0.2, 0.25) is 0 Å². The van der Waals surface area contributed by atoms with E-state index in [0.29, 0.717) is 11.7 Å². The highest BCUT2D eigenvalue weighted by atomic mass is 16.3. The first-order valence-electron chi connectivity index (χ1n) is 12.0. The average molecular weight is 458 g/mol. The van der Waals surface area contributed by atoms with E-state index in [1.54, 1.807) is 12.1 Å². The van der Waals surface area contributed by atoms with Crippen LogP contribution in [0.5, 0.6) is 0 Å². The maximum atomic E-state index is 12.7. The van der Waals surface area contributed by atoms with Crippen molar-refractivity contribution >= 4 is 16.7 Å². The van der Waals surface area contributed by atoms with Gasteiger partial charge in [0.1, 0.15) is 5.82 Å². The summed E-state index contributed by atoms with van der Waals surface area (Å²) in [7, 11) is 0. The summed E-state index contributed by atoms with van der Waals surface area (Å²) in [5.74, 6) is 2.30. The summed E-state index contributed by atoms with van der Waals surface area (Å²) >= 11 is 0. The third-order valence-corrected chi connectivity index (χ3v) is 6.44. The maximum absolute atomic E-state index is 12.7. The molecule has 0 bridgehead atoms. The molecule has 0 unspecified atom stereocenters. The van der Waals surface area contributed by atoms with Crippen LogP contribution in [0.4, 0.5) is 0 Å². The van der Waals surface area contributed by atoms with E-state index in [9.17, 15) is 4.79 Å². The molecule has 0 saturated heterocycles. The van der Waals surface area contributed by atoms with Gasteiger partial charge in [-0.3, -0.25) is 9.69 Å². The Balaban J connectivity index is 1.31. The third-order valence-electron chi connectivity index (χ3n) is 6.44. The summed E-state index contributed by atoms with van der Waals surface area (Å²) in [5.41, 5.74) is 1.32. The fourth-order valence-corrected chi connectivity index (χ4v) is 4.74. The Morgan fingerprint density at radius 3 is 2.68 bits per heavy atom. The molecule has 1 N–H and O–H groups in total. The highest BCUT2D eigenvalue weighted by molar-refractivity contribution is 5.91. The van der Waals surface area contributed by atoms with E-state index in [0.717, 1.165) is 50.7 Å². The molecule has 7 heteroatoms. The zero-order valence-corrected chi connectivity index (χ0v) is 19.8. The minimum absolute atomic E-state index is 0.217. The number of carbonyl (C=O) groups excluding carboxylic acids is 1. The number of nitrogens with one attached hydrogen (secondary N) is 1. The van der Waals surface area contributed by atoms with Crippen LogP contribution in [0.3, 0.4) is 0 Å². The molecule has 3 heterocycles. The van der Waals surface area contributed by atoms with Gasteiger partial charge in [0, 0.05) is 32.6 Å². The smallest absolute Gasteiger partial charge is 0.287 e. The lowest BCUT2D eigenvalue weighted by Crippen LogP contribution is -2.32. The van der Waals surface area contributed by atoms with Crippen LogP contribution in [-0.2, 0) is 19.5 Å². The van der Waals surface area contributed by atoms with Gasteiger partial charge in [-0.2, -0.15) is 0 Å². The van der Waals surface area contributed by atoms with Crippen molar-refractivity contribution in [3.63, 3.8) is 0 Å². The number of aromatic nitrogens is 3. The fraction of sp³-hybridized carbons (Fsp3) is 0.370. The summed E-state index contributed by atoms with van der Waals surface area (Å²) in [6, 6.07) is 18.4. The lowest BCUT2D eigenvalue weighted by Gasteiger charge is -2.22. The van der Waals surface area contributed by atoms with Crippen molar-refractivity contribution in [2.45, 2.75) is 45.8 Å². The molecule has 1 aliphatic rings. The Hall–Kier alpha value is -3.45. The number of hydrogen-bond acceptors (Lipinski definition) is 5. The highest BCUT2D eigenvalue weighted by Crippen LogP contribution is 2.24. The Morgan fingerprint density at radius 2 is 1.88 bits per heavy atom. The van der Waals surface area contributed by atoms with Crippen LogP contribution in [0.15, 0.2) is 65.3 Å². The van der Waals surface area contributed by atoms with Gasteiger partial charge in [-0.05, 0) is 46.9 Å². The molecule has 2 aromatic carbocycles. The molecule has 0 radical (unpaired) electrons. The number of fused-ring (bicyclic) bond motifs is 2. The third kappa shape index (κ3) is 4.89. The van der Waals surface area contributed by atoms with Gasteiger partial charge in [0.15, 0.2) is 11.6 Å². The van der Waals surface area contributed by atoms with Crippen LogP contribution in [-0.4, -0.2) is 38.7 Å². The average Bonchev–Trinajstić information content (AvgIpc) is 3.47. The van der Waals surface area contributed by atoms with E-state index >= 15 is 0 Å². The van der Waals surface area contributed by atoms with Crippen molar-refractivity contribution in [1.82, 2.24) is 25.0 Å². The van der Waals surface area contributed by atoms with Crippen molar-refractivity contribution in [1.29, 1.82) is 0 Å². The Labute approximate surface area is 199 Å². The fourth-order valence-electron chi connectivity index (χ4n) is 4.74. The molecule has 34 heavy (non-hydrogen) atoms. The molecule has 176 valence electrons.